The Morgan fingerprint density at radius 2 is 1.95 bits per heavy atom. The average Bonchev–Trinajstić information content (AvgIpc) is 2.84. The van der Waals surface area contributed by atoms with Crippen molar-refractivity contribution >= 4 is 0 Å². The largest absolute Gasteiger partial charge is 0.419 e. The van der Waals surface area contributed by atoms with Crippen LogP contribution in [0.5, 0.6) is 0 Å². The molecular formula is C16H20F4N2. The van der Waals surface area contributed by atoms with Crippen LogP contribution >= 0.6 is 0 Å². The minimum absolute atomic E-state index is 0.197. The van der Waals surface area contributed by atoms with Crippen molar-refractivity contribution in [2.75, 3.05) is 13.1 Å². The van der Waals surface area contributed by atoms with Gasteiger partial charge in [0.15, 0.2) is 0 Å². The molecule has 3 rings (SSSR count). The zero-order valence-electron chi connectivity index (χ0n) is 12.2. The van der Waals surface area contributed by atoms with Crippen molar-refractivity contribution in [2.24, 2.45) is 17.6 Å². The maximum absolute atomic E-state index is 13.3. The highest BCUT2D eigenvalue weighted by Gasteiger charge is 2.39. The topological polar surface area (TPSA) is 29.3 Å². The summed E-state index contributed by atoms with van der Waals surface area (Å²) in [5.41, 5.74) is 5.47. The minimum Gasteiger partial charge on any atom is -0.327 e. The van der Waals surface area contributed by atoms with Crippen LogP contribution < -0.4 is 5.73 Å². The van der Waals surface area contributed by atoms with E-state index in [4.69, 9.17) is 5.73 Å². The number of fused-ring (bicyclic) bond motifs is 1. The number of benzene rings is 1. The molecule has 0 amide bonds. The molecule has 3 atom stereocenters. The van der Waals surface area contributed by atoms with Crippen LogP contribution in [0.2, 0.25) is 0 Å². The van der Waals surface area contributed by atoms with Gasteiger partial charge in [-0.3, -0.25) is 4.90 Å². The van der Waals surface area contributed by atoms with Crippen molar-refractivity contribution in [1.29, 1.82) is 0 Å². The zero-order valence-corrected chi connectivity index (χ0v) is 12.2. The predicted molar refractivity (Wildman–Crippen MR) is 75.5 cm³/mol. The first-order valence-electron chi connectivity index (χ1n) is 7.68. The molecule has 6 heteroatoms. The van der Waals surface area contributed by atoms with Crippen LogP contribution in [0.4, 0.5) is 17.6 Å². The van der Waals surface area contributed by atoms with E-state index in [1.54, 1.807) is 0 Å². The summed E-state index contributed by atoms with van der Waals surface area (Å²) in [4.78, 5) is 2.15. The zero-order chi connectivity index (χ0) is 15.9. The van der Waals surface area contributed by atoms with E-state index < -0.39 is 17.6 Å². The first-order valence-corrected chi connectivity index (χ1v) is 7.68. The number of rotatable bonds is 2. The summed E-state index contributed by atoms with van der Waals surface area (Å²) in [6.45, 7) is 2.12. The van der Waals surface area contributed by atoms with Crippen LogP contribution in [-0.4, -0.2) is 24.0 Å². The molecule has 1 saturated carbocycles. The Labute approximate surface area is 127 Å². The van der Waals surface area contributed by atoms with Crippen LogP contribution in [0.3, 0.4) is 0 Å². The Morgan fingerprint density at radius 3 is 2.64 bits per heavy atom. The molecule has 22 heavy (non-hydrogen) atoms. The number of hydrogen-bond acceptors (Lipinski definition) is 2. The predicted octanol–water partition coefficient (Wildman–Crippen LogP) is 3.40. The molecule has 0 aromatic heterocycles. The van der Waals surface area contributed by atoms with Crippen molar-refractivity contribution in [3.8, 4) is 0 Å². The fourth-order valence-electron chi connectivity index (χ4n) is 3.88. The van der Waals surface area contributed by atoms with Crippen LogP contribution in [-0.2, 0) is 12.7 Å². The summed E-state index contributed by atoms with van der Waals surface area (Å²) in [6.07, 6.45) is -1.34. The molecule has 3 unspecified atom stereocenters. The molecule has 122 valence electrons. The normalized spacial score (nSPS) is 29.6. The molecule has 2 fully saturated rings. The Hall–Kier alpha value is -1.14. The van der Waals surface area contributed by atoms with Crippen molar-refractivity contribution in [2.45, 2.75) is 38.0 Å². The third kappa shape index (κ3) is 3.13. The molecule has 1 aliphatic heterocycles. The van der Waals surface area contributed by atoms with Gasteiger partial charge in [0.1, 0.15) is 5.82 Å². The van der Waals surface area contributed by atoms with Gasteiger partial charge in [-0.05, 0) is 42.4 Å². The highest BCUT2D eigenvalue weighted by molar-refractivity contribution is 5.27. The third-order valence-electron chi connectivity index (χ3n) is 4.97. The first-order chi connectivity index (χ1) is 10.3. The van der Waals surface area contributed by atoms with E-state index in [1.165, 1.54) is 6.07 Å². The van der Waals surface area contributed by atoms with Gasteiger partial charge in [-0.15, -0.1) is 0 Å². The lowest BCUT2D eigenvalue weighted by Gasteiger charge is -2.29. The van der Waals surface area contributed by atoms with Gasteiger partial charge >= 0.3 is 6.18 Å². The molecule has 1 aromatic carbocycles. The highest BCUT2D eigenvalue weighted by Crippen LogP contribution is 2.37. The number of likely N-dealkylation sites (tertiary alicyclic amines) is 1. The fourth-order valence-corrected chi connectivity index (χ4v) is 3.88. The van der Waals surface area contributed by atoms with Crippen LogP contribution in [0.25, 0.3) is 0 Å². The molecule has 1 saturated heterocycles. The second kappa shape index (κ2) is 5.81. The molecule has 0 bridgehead atoms. The Kier molecular flexibility index (Phi) is 4.16. The molecule has 1 heterocycles. The summed E-state index contributed by atoms with van der Waals surface area (Å²) in [5.74, 6) is -0.226. The molecule has 0 radical (unpaired) electrons. The highest BCUT2D eigenvalue weighted by atomic mass is 19.4. The Balaban J connectivity index is 1.72. The van der Waals surface area contributed by atoms with Crippen molar-refractivity contribution in [1.82, 2.24) is 4.90 Å². The van der Waals surface area contributed by atoms with E-state index in [9.17, 15) is 17.6 Å². The number of nitrogens with zero attached hydrogens (tertiary/aromatic N) is 1. The second-order valence-electron chi connectivity index (χ2n) is 6.52. The van der Waals surface area contributed by atoms with Crippen LogP contribution in [0.15, 0.2) is 18.2 Å². The molecular weight excluding hydrogens is 296 g/mol. The number of nitrogens with two attached hydrogens (primary N) is 1. The summed E-state index contributed by atoms with van der Waals surface area (Å²) in [5, 5.41) is 0. The van der Waals surface area contributed by atoms with E-state index in [-0.39, 0.29) is 6.04 Å². The summed E-state index contributed by atoms with van der Waals surface area (Å²) in [7, 11) is 0. The summed E-state index contributed by atoms with van der Waals surface area (Å²) >= 11 is 0. The molecule has 1 aliphatic carbocycles. The monoisotopic (exact) mass is 316 g/mol. The number of halogens is 4. The maximum atomic E-state index is 13.3. The lowest BCUT2D eigenvalue weighted by Crippen LogP contribution is -2.38. The fraction of sp³-hybridized carbons (Fsp3) is 0.625. The van der Waals surface area contributed by atoms with Gasteiger partial charge in [0.2, 0.25) is 0 Å². The van der Waals surface area contributed by atoms with Gasteiger partial charge < -0.3 is 5.73 Å². The molecule has 0 spiro atoms. The van der Waals surface area contributed by atoms with Gasteiger partial charge in [0.05, 0.1) is 5.56 Å². The van der Waals surface area contributed by atoms with E-state index in [0.717, 1.165) is 44.5 Å². The van der Waals surface area contributed by atoms with Gasteiger partial charge in [0, 0.05) is 25.7 Å². The van der Waals surface area contributed by atoms with Crippen LogP contribution in [0.1, 0.15) is 30.4 Å². The molecule has 2 N–H and O–H groups in total. The van der Waals surface area contributed by atoms with Gasteiger partial charge in [-0.2, -0.15) is 13.2 Å². The van der Waals surface area contributed by atoms with E-state index in [2.05, 4.69) is 4.90 Å². The van der Waals surface area contributed by atoms with Gasteiger partial charge in [-0.25, -0.2) is 4.39 Å². The Bertz CT molecular complexity index is 543. The van der Waals surface area contributed by atoms with Crippen LogP contribution in [0, 0.1) is 17.7 Å². The van der Waals surface area contributed by atoms with E-state index in [1.807, 2.05) is 0 Å². The molecule has 1 aromatic rings. The van der Waals surface area contributed by atoms with E-state index >= 15 is 0 Å². The van der Waals surface area contributed by atoms with E-state index in [0.29, 0.717) is 23.9 Å². The smallest absolute Gasteiger partial charge is 0.327 e. The third-order valence-corrected chi connectivity index (χ3v) is 4.97. The standard InChI is InChI=1S/C16H20F4N2/c17-14-5-4-10(6-13(14)16(18,19)20)7-22-8-11-2-1-3-15(21)12(11)9-22/h4-6,11-12,15H,1-3,7-9,21H2. The quantitative estimate of drug-likeness (QED) is 0.847. The number of hydrogen-bond donors (Lipinski definition) is 1. The lowest BCUT2D eigenvalue weighted by atomic mass is 9.78. The lowest BCUT2D eigenvalue weighted by molar-refractivity contribution is -0.140. The van der Waals surface area contributed by atoms with Crippen molar-refractivity contribution in [3.05, 3.63) is 35.1 Å². The van der Waals surface area contributed by atoms with Crippen molar-refractivity contribution < 1.29 is 17.6 Å². The molecule has 2 nitrogen and oxygen atoms in total. The summed E-state index contributed by atoms with van der Waals surface area (Å²) < 4.78 is 51.6. The summed E-state index contributed by atoms with van der Waals surface area (Å²) in [6, 6.07) is 3.47. The molecule has 2 aliphatic rings. The van der Waals surface area contributed by atoms with Crippen molar-refractivity contribution in [3.63, 3.8) is 0 Å². The first kappa shape index (κ1) is 15.7. The Morgan fingerprint density at radius 1 is 1.18 bits per heavy atom. The maximum Gasteiger partial charge on any atom is 0.419 e. The van der Waals surface area contributed by atoms with Gasteiger partial charge in [0.25, 0.3) is 0 Å². The average molecular weight is 316 g/mol. The second-order valence-corrected chi connectivity index (χ2v) is 6.52. The SMILES string of the molecule is NC1CCCC2CN(Cc3ccc(F)c(C(F)(F)F)c3)CC12. The van der Waals surface area contributed by atoms with Gasteiger partial charge in [-0.1, -0.05) is 12.5 Å². The number of alkyl halides is 3. The minimum atomic E-state index is -4.65.